The number of hydrogen-bond acceptors (Lipinski definition) is 2. The van der Waals surface area contributed by atoms with Crippen LogP contribution in [0.2, 0.25) is 0 Å². The van der Waals surface area contributed by atoms with Crippen LogP contribution in [-0.4, -0.2) is 13.7 Å². The minimum atomic E-state index is 0. The first-order valence-corrected chi connectivity index (χ1v) is 5.35. The van der Waals surface area contributed by atoms with Gasteiger partial charge in [0.2, 0.25) is 0 Å². The van der Waals surface area contributed by atoms with Gasteiger partial charge in [0, 0.05) is 12.1 Å². The van der Waals surface area contributed by atoms with E-state index in [0.717, 1.165) is 24.2 Å². The molecule has 2 nitrogen and oxygen atoms in total. The molecule has 1 rings (SSSR count). The van der Waals surface area contributed by atoms with Crippen LogP contribution in [0.4, 0.5) is 0 Å². The van der Waals surface area contributed by atoms with Crippen LogP contribution in [0.5, 0.6) is 5.75 Å². The lowest BCUT2D eigenvalue weighted by Crippen LogP contribution is -2.03. The highest BCUT2D eigenvalue weighted by molar-refractivity contribution is 6.25. The van der Waals surface area contributed by atoms with E-state index in [1.165, 1.54) is 5.56 Å². The summed E-state index contributed by atoms with van der Waals surface area (Å²) in [4.78, 5) is 0. The Morgan fingerprint density at radius 1 is 1.50 bits per heavy atom. The molecule has 0 saturated carbocycles. The molecule has 0 amide bonds. The molecule has 0 aliphatic rings. The van der Waals surface area contributed by atoms with E-state index in [0.29, 0.717) is 6.54 Å². The predicted octanol–water partition coefficient (Wildman–Crippen LogP) is 3.13. The number of ether oxygens (including phenoxy) is 1. The minimum absolute atomic E-state index is 0. The molecule has 0 aromatic heterocycles. The number of nitrogens with two attached hydrogens (primary N) is 1. The molecule has 2 N–H and O–H groups in total. The lowest BCUT2D eigenvalue weighted by atomic mass is 10.1. The van der Waals surface area contributed by atoms with Gasteiger partial charge in [-0.05, 0) is 36.1 Å². The number of aryl methyl sites for hydroxylation is 1. The smallest absolute Gasteiger partial charge is 0.119 e. The first-order chi connectivity index (χ1) is 7.30. The van der Waals surface area contributed by atoms with Crippen molar-refractivity contribution in [1.82, 2.24) is 0 Å². The Hall–Kier alpha value is -0.700. The van der Waals surface area contributed by atoms with Crippen molar-refractivity contribution in [2.45, 2.75) is 12.8 Å². The topological polar surface area (TPSA) is 35.2 Å². The number of rotatable bonds is 5. The lowest BCUT2D eigenvalue weighted by Gasteiger charge is -2.05. The van der Waals surface area contributed by atoms with E-state index in [4.69, 9.17) is 22.1 Å². The number of halogens is 2. The van der Waals surface area contributed by atoms with Crippen LogP contribution in [0.1, 0.15) is 12.0 Å². The average Bonchev–Trinajstić information content (AvgIpc) is 2.31. The Balaban J connectivity index is 0.00000225. The molecule has 0 atom stereocenters. The molecular formula is C12H17Cl2NO. The predicted molar refractivity (Wildman–Crippen MR) is 71.6 cm³/mol. The van der Waals surface area contributed by atoms with Gasteiger partial charge in [0.1, 0.15) is 5.75 Å². The zero-order valence-electron chi connectivity index (χ0n) is 9.28. The van der Waals surface area contributed by atoms with Gasteiger partial charge in [-0.15, -0.1) is 12.4 Å². The second-order valence-electron chi connectivity index (χ2n) is 3.32. The summed E-state index contributed by atoms with van der Waals surface area (Å²) >= 11 is 5.63. The number of methoxy groups -OCH3 is 1. The van der Waals surface area contributed by atoms with Crippen molar-refractivity contribution in [1.29, 1.82) is 0 Å². The van der Waals surface area contributed by atoms with Crippen molar-refractivity contribution in [3.63, 3.8) is 0 Å². The van der Waals surface area contributed by atoms with Crippen molar-refractivity contribution < 1.29 is 4.74 Å². The molecule has 0 radical (unpaired) electrons. The maximum absolute atomic E-state index is 5.63. The molecular weight excluding hydrogens is 245 g/mol. The quantitative estimate of drug-likeness (QED) is 0.884. The maximum Gasteiger partial charge on any atom is 0.119 e. The van der Waals surface area contributed by atoms with Crippen LogP contribution in [-0.2, 0) is 6.42 Å². The third-order valence-electron chi connectivity index (χ3n) is 2.29. The molecule has 0 saturated heterocycles. The molecule has 90 valence electrons. The molecule has 16 heavy (non-hydrogen) atoms. The lowest BCUT2D eigenvalue weighted by molar-refractivity contribution is 0.414. The summed E-state index contributed by atoms with van der Waals surface area (Å²) in [6.07, 6.45) is 1.83. The largest absolute Gasteiger partial charge is 0.497 e. The van der Waals surface area contributed by atoms with E-state index in [1.807, 2.05) is 18.2 Å². The standard InChI is InChI=1S/C12H16ClNO.ClH/c1-15-12-4-2-3-10(7-12)5-6-11(8-13)9-14;/h2-4,7-8H,5-6,9,14H2,1H3;1H/b11-8+;. The second-order valence-corrected chi connectivity index (χ2v) is 3.54. The monoisotopic (exact) mass is 261 g/mol. The number of hydrogen-bond donors (Lipinski definition) is 1. The Morgan fingerprint density at radius 2 is 2.25 bits per heavy atom. The molecule has 4 heteroatoms. The van der Waals surface area contributed by atoms with Crippen molar-refractivity contribution in [2.75, 3.05) is 13.7 Å². The molecule has 0 spiro atoms. The van der Waals surface area contributed by atoms with Gasteiger partial charge in [0.25, 0.3) is 0 Å². The third kappa shape index (κ3) is 4.88. The zero-order chi connectivity index (χ0) is 11.1. The molecule has 0 fully saturated rings. The van der Waals surface area contributed by atoms with E-state index in [-0.39, 0.29) is 12.4 Å². The molecule has 1 aromatic rings. The zero-order valence-corrected chi connectivity index (χ0v) is 10.9. The Morgan fingerprint density at radius 3 is 2.81 bits per heavy atom. The highest BCUT2D eigenvalue weighted by Gasteiger charge is 1.98. The van der Waals surface area contributed by atoms with E-state index >= 15 is 0 Å². The maximum atomic E-state index is 5.63. The van der Waals surface area contributed by atoms with Crippen molar-refractivity contribution in [3.8, 4) is 5.75 Å². The van der Waals surface area contributed by atoms with Gasteiger partial charge in [-0.1, -0.05) is 23.7 Å². The summed E-state index contributed by atoms with van der Waals surface area (Å²) < 4.78 is 5.15. The fourth-order valence-corrected chi connectivity index (χ4v) is 1.53. The Labute approximate surface area is 108 Å². The molecule has 0 aliphatic heterocycles. The van der Waals surface area contributed by atoms with Gasteiger partial charge < -0.3 is 10.5 Å². The summed E-state index contributed by atoms with van der Waals surface area (Å²) in [6.45, 7) is 0.521. The molecule has 0 heterocycles. The van der Waals surface area contributed by atoms with Gasteiger partial charge >= 0.3 is 0 Å². The Kier molecular flexibility index (Phi) is 8.08. The van der Waals surface area contributed by atoms with E-state index < -0.39 is 0 Å². The number of benzene rings is 1. The first-order valence-electron chi connectivity index (χ1n) is 4.91. The van der Waals surface area contributed by atoms with Gasteiger partial charge in [0.05, 0.1) is 7.11 Å². The summed E-state index contributed by atoms with van der Waals surface area (Å²) in [5, 5.41) is 0. The van der Waals surface area contributed by atoms with Crippen LogP contribution in [0.25, 0.3) is 0 Å². The highest BCUT2D eigenvalue weighted by atomic mass is 35.5. The molecule has 0 bridgehead atoms. The van der Waals surface area contributed by atoms with Gasteiger partial charge in [-0.25, -0.2) is 0 Å². The van der Waals surface area contributed by atoms with Gasteiger partial charge in [0.15, 0.2) is 0 Å². The second kappa shape index (κ2) is 8.45. The van der Waals surface area contributed by atoms with Crippen LogP contribution < -0.4 is 10.5 Å². The normalized spacial score (nSPS) is 10.8. The summed E-state index contributed by atoms with van der Waals surface area (Å²) in [6, 6.07) is 8.03. The third-order valence-corrected chi connectivity index (χ3v) is 2.59. The fraction of sp³-hybridized carbons (Fsp3) is 0.333. The van der Waals surface area contributed by atoms with Crippen LogP contribution >= 0.6 is 24.0 Å². The van der Waals surface area contributed by atoms with Gasteiger partial charge in [-0.2, -0.15) is 0 Å². The van der Waals surface area contributed by atoms with Crippen molar-refractivity contribution in [3.05, 3.63) is 40.9 Å². The average molecular weight is 262 g/mol. The van der Waals surface area contributed by atoms with Crippen LogP contribution in [0.15, 0.2) is 35.4 Å². The highest BCUT2D eigenvalue weighted by Crippen LogP contribution is 2.15. The summed E-state index contributed by atoms with van der Waals surface area (Å²) in [7, 11) is 1.67. The summed E-state index contributed by atoms with van der Waals surface area (Å²) in [5.74, 6) is 0.886. The SMILES string of the molecule is COc1cccc(CC/C(=C\Cl)CN)c1.Cl. The first kappa shape index (κ1) is 15.3. The van der Waals surface area contributed by atoms with Gasteiger partial charge in [-0.3, -0.25) is 0 Å². The fourth-order valence-electron chi connectivity index (χ4n) is 1.33. The van der Waals surface area contributed by atoms with Crippen molar-refractivity contribution >= 4 is 24.0 Å². The molecule has 1 aromatic carbocycles. The van der Waals surface area contributed by atoms with Crippen LogP contribution in [0.3, 0.4) is 0 Å². The van der Waals surface area contributed by atoms with Crippen molar-refractivity contribution in [2.24, 2.45) is 5.73 Å². The van der Waals surface area contributed by atoms with Crippen LogP contribution in [0, 0.1) is 0 Å². The summed E-state index contributed by atoms with van der Waals surface area (Å²) in [5.41, 5.74) is 9.40. The Bertz CT molecular complexity index is 340. The minimum Gasteiger partial charge on any atom is -0.497 e. The van der Waals surface area contributed by atoms with E-state index in [9.17, 15) is 0 Å². The van der Waals surface area contributed by atoms with E-state index in [2.05, 4.69) is 6.07 Å². The molecule has 0 aliphatic carbocycles. The van der Waals surface area contributed by atoms with E-state index in [1.54, 1.807) is 12.6 Å². The molecule has 0 unspecified atom stereocenters.